The first-order chi connectivity index (χ1) is 13.6. The second-order valence-corrected chi connectivity index (χ2v) is 18.6. The maximum atomic E-state index is 6.96. The standard InChI is InChI=1S/C25H38Ge2O/c1-5-7-20-27(21-8-6-2)22-19-25(28-26(3)4,23-15-11-9-12-16-23)24-17-13-10-14-18-24/h9-18H,5-8,19-22H2,1-4H3. The predicted octanol–water partition coefficient (Wildman–Crippen LogP) is 7.68. The van der Waals surface area contributed by atoms with Crippen molar-refractivity contribution >= 4 is 29.0 Å². The normalized spacial score (nSPS) is 12.1. The minimum absolute atomic E-state index is 0.252. The van der Waals surface area contributed by atoms with E-state index in [1.807, 2.05) is 0 Å². The van der Waals surface area contributed by atoms with Gasteiger partial charge >= 0.3 is 183 Å². The van der Waals surface area contributed by atoms with Gasteiger partial charge in [-0.3, -0.25) is 0 Å². The number of rotatable bonds is 13. The van der Waals surface area contributed by atoms with E-state index in [9.17, 15) is 0 Å². The summed E-state index contributed by atoms with van der Waals surface area (Å²) in [4.78, 5) is 0. The molecule has 2 rings (SSSR count). The molecule has 0 bridgehead atoms. The van der Waals surface area contributed by atoms with Gasteiger partial charge in [-0.25, -0.2) is 0 Å². The summed E-state index contributed by atoms with van der Waals surface area (Å²) in [6.07, 6.45) is 6.67. The van der Waals surface area contributed by atoms with Crippen LogP contribution in [-0.4, -0.2) is 29.0 Å². The van der Waals surface area contributed by atoms with Crippen molar-refractivity contribution in [3.8, 4) is 0 Å². The summed E-state index contributed by atoms with van der Waals surface area (Å²) in [6.45, 7) is 4.67. The first-order valence-corrected chi connectivity index (χ1v) is 20.6. The first-order valence-electron chi connectivity index (χ1n) is 11.1. The van der Waals surface area contributed by atoms with E-state index in [1.54, 1.807) is 0 Å². The Hall–Kier alpha value is -0.514. The van der Waals surface area contributed by atoms with Crippen LogP contribution in [0.1, 0.15) is 57.1 Å². The van der Waals surface area contributed by atoms with Crippen molar-refractivity contribution in [3.63, 3.8) is 0 Å². The summed E-state index contributed by atoms with van der Waals surface area (Å²) in [7, 11) is 0. The van der Waals surface area contributed by atoms with E-state index in [1.165, 1.54) is 52.6 Å². The summed E-state index contributed by atoms with van der Waals surface area (Å²) < 4.78 is 6.96. The van der Waals surface area contributed by atoms with Gasteiger partial charge in [-0.2, -0.15) is 0 Å². The van der Waals surface area contributed by atoms with Crippen molar-refractivity contribution < 1.29 is 3.76 Å². The Morgan fingerprint density at radius 3 is 1.57 bits per heavy atom. The Labute approximate surface area is 182 Å². The molecule has 0 atom stereocenters. The molecule has 0 amide bonds. The Bertz CT molecular complexity index is 595. The Kier molecular flexibility index (Phi) is 11.0. The van der Waals surface area contributed by atoms with Crippen LogP contribution in [-0.2, 0) is 9.36 Å². The number of unbranched alkanes of at least 4 members (excludes halogenated alkanes) is 2. The van der Waals surface area contributed by atoms with Crippen molar-refractivity contribution in [3.05, 3.63) is 71.8 Å². The Balaban J connectivity index is 2.36. The van der Waals surface area contributed by atoms with Crippen molar-refractivity contribution in [1.82, 2.24) is 0 Å². The van der Waals surface area contributed by atoms with Crippen molar-refractivity contribution in [2.45, 2.75) is 78.8 Å². The quantitative estimate of drug-likeness (QED) is 0.257. The monoisotopic (exact) mass is 502 g/mol. The van der Waals surface area contributed by atoms with E-state index in [-0.39, 0.29) is 5.60 Å². The van der Waals surface area contributed by atoms with E-state index >= 15 is 0 Å². The average Bonchev–Trinajstić information content (AvgIpc) is 2.73. The van der Waals surface area contributed by atoms with Crippen molar-refractivity contribution in [1.29, 1.82) is 0 Å². The second kappa shape index (κ2) is 12.9. The average molecular weight is 500 g/mol. The molecule has 0 fully saturated rings. The van der Waals surface area contributed by atoms with Gasteiger partial charge in [-0.1, -0.05) is 0 Å². The molecule has 1 nitrogen and oxygen atoms in total. The van der Waals surface area contributed by atoms with Crippen LogP contribution in [0.2, 0.25) is 27.3 Å². The van der Waals surface area contributed by atoms with Gasteiger partial charge in [0.15, 0.2) is 0 Å². The number of hydrogen-bond donors (Lipinski definition) is 0. The molecule has 0 unspecified atom stereocenters. The SMILES string of the molecule is CCC[CH2][Ge]([CH2]CCC)[CH2]CC([O][Ge]([CH3])[CH3])(c1ccccc1)c1ccccc1. The van der Waals surface area contributed by atoms with E-state index < -0.39 is 29.0 Å². The molecule has 0 aromatic heterocycles. The summed E-state index contributed by atoms with van der Waals surface area (Å²) in [6, 6.07) is 22.1. The van der Waals surface area contributed by atoms with Gasteiger partial charge in [0, 0.05) is 0 Å². The maximum absolute atomic E-state index is 6.96. The molecule has 0 aliphatic carbocycles. The fourth-order valence-electron chi connectivity index (χ4n) is 3.97. The first kappa shape index (κ1) is 23.8. The zero-order valence-electron chi connectivity index (χ0n) is 18.3. The third-order valence-electron chi connectivity index (χ3n) is 5.46. The molecule has 0 spiro atoms. The summed E-state index contributed by atoms with van der Waals surface area (Å²) in [5.74, 6) is 4.68. The third-order valence-corrected chi connectivity index (χ3v) is 13.5. The van der Waals surface area contributed by atoms with Crippen LogP contribution in [0, 0.1) is 0 Å². The second-order valence-electron chi connectivity index (χ2n) is 8.03. The van der Waals surface area contributed by atoms with Gasteiger partial charge < -0.3 is 0 Å². The fraction of sp³-hybridized carbons (Fsp3) is 0.520. The summed E-state index contributed by atoms with van der Waals surface area (Å²) in [5.41, 5.74) is 2.44. The molecule has 2 aromatic carbocycles. The van der Waals surface area contributed by atoms with E-state index in [0.717, 1.165) is 6.42 Å². The predicted molar refractivity (Wildman–Crippen MR) is 127 cm³/mol. The molecule has 0 saturated heterocycles. The van der Waals surface area contributed by atoms with Crippen LogP contribution in [0.15, 0.2) is 60.7 Å². The molecule has 0 aliphatic rings. The van der Waals surface area contributed by atoms with Gasteiger partial charge in [0.25, 0.3) is 0 Å². The third kappa shape index (κ3) is 7.07. The molecule has 0 heterocycles. The number of hydrogen-bond acceptors (Lipinski definition) is 1. The van der Waals surface area contributed by atoms with Gasteiger partial charge in [-0.15, -0.1) is 0 Å². The minimum atomic E-state index is -1.51. The Morgan fingerprint density at radius 2 is 1.18 bits per heavy atom. The molecule has 3 heteroatoms. The van der Waals surface area contributed by atoms with E-state index in [4.69, 9.17) is 3.76 Å². The van der Waals surface area contributed by atoms with Gasteiger partial charge in [0.05, 0.1) is 0 Å². The van der Waals surface area contributed by atoms with E-state index in [0.29, 0.717) is 0 Å². The Morgan fingerprint density at radius 1 is 0.714 bits per heavy atom. The van der Waals surface area contributed by atoms with Crippen LogP contribution in [0.25, 0.3) is 0 Å². The molecule has 152 valence electrons. The zero-order chi connectivity index (χ0) is 20.2. The zero-order valence-corrected chi connectivity index (χ0v) is 22.5. The van der Waals surface area contributed by atoms with Crippen LogP contribution < -0.4 is 0 Å². The van der Waals surface area contributed by atoms with Gasteiger partial charge in [0.1, 0.15) is 0 Å². The molecule has 0 saturated carbocycles. The molecular formula is C25H38Ge2O. The van der Waals surface area contributed by atoms with E-state index in [2.05, 4.69) is 86.0 Å². The molecule has 0 N–H and O–H groups in total. The van der Waals surface area contributed by atoms with Crippen LogP contribution >= 0.6 is 0 Å². The molecule has 0 aliphatic heterocycles. The van der Waals surface area contributed by atoms with Crippen molar-refractivity contribution in [2.24, 2.45) is 0 Å². The van der Waals surface area contributed by atoms with Crippen molar-refractivity contribution in [2.75, 3.05) is 0 Å². The molecule has 28 heavy (non-hydrogen) atoms. The van der Waals surface area contributed by atoms with Crippen LogP contribution in [0.4, 0.5) is 0 Å². The topological polar surface area (TPSA) is 9.23 Å². The number of benzene rings is 2. The fourth-order valence-corrected chi connectivity index (χ4v) is 12.8. The van der Waals surface area contributed by atoms with Gasteiger partial charge in [-0.05, 0) is 0 Å². The van der Waals surface area contributed by atoms with Gasteiger partial charge in [0.2, 0.25) is 0 Å². The van der Waals surface area contributed by atoms with Crippen LogP contribution in [0.5, 0.6) is 0 Å². The molecule has 2 aromatic rings. The molecular weight excluding hydrogens is 461 g/mol. The molecule has 2 radical (unpaired) electrons. The summed E-state index contributed by atoms with van der Waals surface area (Å²) in [5, 5.41) is 4.46. The summed E-state index contributed by atoms with van der Waals surface area (Å²) >= 11 is -2.54. The van der Waals surface area contributed by atoms with Crippen LogP contribution in [0.3, 0.4) is 0 Å².